The van der Waals surface area contributed by atoms with Gasteiger partial charge < -0.3 is 9.32 Å². The number of rotatable bonds is 1. The minimum atomic E-state index is -0.282. The molecule has 2 heterocycles. The van der Waals surface area contributed by atoms with E-state index in [-0.39, 0.29) is 16.8 Å². The van der Waals surface area contributed by atoms with Crippen LogP contribution in [0.3, 0.4) is 0 Å². The highest BCUT2D eigenvalue weighted by Crippen LogP contribution is 2.34. The average molecular weight is 228 g/mol. The van der Waals surface area contributed by atoms with Crippen LogP contribution in [-0.2, 0) is 0 Å². The molecule has 0 bridgehead atoms. The largest absolute Gasteiger partial charge is 0.472 e. The van der Waals surface area contributed by atoms with Crippen molar-refractivity contribution in [3.05, 3.63) is 24.2 Å². The van der Waals surface area contributed by atoms with Crippen LogP contribution >= 0.6 is 11.6 Å². The smallest absolute Gasteiger partial charge is 0.257 e. The molecule has 0 aromatic carbocycles. The summed E-state index contributed by atoms with van der Waals surface area (Å²) in [5.74, 6) is -0.00287. The Morgan fingerprint density at radius 2 is 2.40 bits per heavy atom. The van der Waals surface area contributed by atoms with Gasteiger partial charge in [-0.2, -0.15) is 0 Å². The number of amides is 1. The summed E-state index contributed by atoms with van der Waals surface area (Å²) in [6.07, 6.45) is 3.83. The van der Waals surface area contributed by atoms with Gasteiger partial charge in [0.15, 0.2) is 0 Å². The molecule has 1 aliphatic rings. The Kier molecular flexibility index (Phi) is 2.51. The quantitative estimate of drug-likeness (QED) is 0.691. The molecule has 2 rings (SSSR count). The molecule has 3 nitrogen and oxygen atoms in total. The molecule has 1 aliphatic heterocycles. The summed E-state index contributed by atoms with van der Waals surface area (Å²) in [5, 5.41) is 0.0216. The SMILES string of the molecule is CC1(C)C(Cl)CCN1C(=O)c1ccoc1. The molecule has 0 N–H and O–H groups in total. The maximum atomic E-state index is 12.1. The van der Waals surface area contributed by atoms with E-state index in [4.69, 9.17) is 16.0 Å². The lowest BCUT2D eigenvalue weighted by Crippen LogP contribution is -2.46. The fourth-order valence-electron chi connectivity index (χ4n) is 1.96. The first-order valence-corrected chi connectivity index (χ1v) is 5.45. The lowest BCUT2D eigenvalue weighted by molar-refractivity contribution is 0.0654. The van der Waals surface area contributed by atoms with E-state index in [0.717, 1.165) is 6.42 Å². The van der Waals surface area contributed by atoms with Crippen LogP contribution in [0.1, 0.15) is 30.6 Å². The lowest BCUT2D eigenvalue weighted by Gasteiger charge is -2.33. The first kappa shape index (κ1) is 10.6. The number of carbonyl (C=O) groups excluding carboxylic acids is 1. The summed E-state index contributed by atoms with van der Waals surface area (Å²) >= 11 is 6.19. The molecule has 1 atom stereocenters. The fraction of sp³-hybridized carbons (Fsp3) is 0.545. The normalized spacial score (nSPS) is 24.5. The van der Waals surface area contributed by atoms with Crippen molar-refractivity contribution in [3.8, 4) is 0 Å². The summed E-state index contributed by atoms with van der Waals surface area (Å²) in [6, 6.07) is 1.68. The number of hydrogen-bond donors (Lipinski definition) is 0. The summed E-state index contributed by atoms with van der Waals surface area (Å²) in [7, 11) is 0. The van der Waals surface area contributed by atoms with E-state index >= 15 is 0 Å². The van der Waals surface area contributed by atoms with Gasteiger partial charge in [-0.3, -0.25) is 4.79 Å². The van der Waals surface area contributed by atoms with Crippen molar-refractivity contribution in [2.75, 3.05) is 6.54 Å². The van der Waals surface area contributed by atoms with E-state index in [9.17, 15) is 4.79 Å². The van der Waals surface area contributed by atoms with Crippen molar-refractivity contribution >= 4 is 17.5 Å². The third kappa shape index (κ3) is 1.65. The zero-order valence-electron chi connectivity index (χ0n) is 8.87. The Morgan fingerprint density at radius 1 is 1.67 bits per heavy atom. The van der Waals surface area contributed by atoms with Gasteiger partial charge in [0.05, 0.1) is 22.7 Å². The monoisotopic (exact) mass is 227 g/mol. The van der Waals surface area contributed by atoms with E-state index in [1.54, 1.807) is 6.07 Å². The number of hydrogen-bond acceptors (Lipinski definition) is 2. The van der Waals surface area contributed by atoms with Gasteiger partial charge in [0, 0.05) is 6.54 Å². The first-order chi connectivity index (χ1) is 7.03. The Hall–Kier alpha value is -0.960. The number of alkyl halides is 1. The van der Waals surface area contributed by atoms with Crippen LogP contribution in [0.15, 0.2) is 23.0 Å². The predicted octanol–water partition coefficient (Wildman–Crippen LogP) is 2.51. The highest BCUT2D eigenvalue weighted by atomic mass is 35.5. The third-order valence-electron chi connectivity index (χ3n) is 3.08. The molecular formula is C11H14ClNO2. The molecule has 1 saturated heterocycles. The summed E-state index contributed by atoms with van der Waals surface area (Å²) in [6.45, 7) is 4.70. The second-order valence-electron chi connectivity index (χ2n) is 4.38. The van der Waals surface area contributed by atoms with Crippen molar-refractivity contribution in [2.24, 2.45) is 0 Å². The summed E-state index contributed by atoms with van der Waals surface area (Å²) in [5.41, 5.74) is 0.310. The topological polar surface area (TPSA) is 33.5 Å². The number of halogens is 1. The zero-order valence-corrected chi connectivity index (χ0v) is 9.62. The molecular weight excluding hydrogens is 214 g/mol. The van der Waals surface area contributed by atoms with Crippen LogP contribution in [0.2, 0.25) is 0 Å². The van der Waals surface area contributed by atoms with E-state index in [1.165, 1.54) is 12.5 Å². The maximum absolute atomic E-state index is 12.1. The second kappa shape index (κ2) is 3.56. The van der Waals surface area contributed by atoms with E-state index in [0.29, 0.717) is 12.1 Å². The average Bonchev–Trinajstić information content (AvgIpc) is 2.76. The molecule has 1 aromatic heterocycles. The van der Waals surface area contributed by atoms with Crippen LogP contribution in [0.25, 0.3) is 0 Å². The van der Waals surface area contributed by atoms with Gasteiger partial charge in [-0.25, -0.2) is 0 Å². The number of likely N-dealkylation sites (tertiary alicyclic amines) is 1. The third-order valence-corrected chi connectivity index (χ3v) is 3.83. The molecule has 0 spiro atoms. The molecule has 82 valence electrons. The van der Waals surface area contributed by atoms with Crippen LogP contribution < -0.4 is 0 Å². The number of furan rings is 1. The van der Waals surface area contributed by atoms with Crippen LogP contribution in [0.4, 0.5) is 0 Å². The highest BCUT2D eigenvalue weighted by Gasteiger charge is 2.43. The molecule has 4 heteroatoms. The molecule has 1 aromatic rings. The van der Waals surface area contributed by atoms with Gasteiger partial charge in [0.25, 0.3) is 5.91 Å². The van der Waals surface area contributed by atoms with Gasteiger partial charge in [-0.15, -0.1) is 11.6 Å². The lowest BCUT2D eigenvalue weighted by atomic mass is 10.0. The van der Waals surface area contributed by atoms with Gasteiger partial charge in [-0.1, -0.05) is 0 Å². The van der Waals surface area contributed by atoms with Gasteiger partial charge >= 0.3 is 0 Å². The minimum absolute atomic E-state index is 0.00287. The molecule has 0 saturated carbocycles. The Labute approximate surface area is 94.0 Å². The predicted molar refractivity (Wildman–Crippen MR) is 58.1 cm³/mol. The molecule has 1 amide bonds. The number of carbonyl (C=O) groups is 1. The van der Waals surface area contributed by atoms with Gasteiger partial charge in [0.2, 0.25) is 0 Å². The van der Waals surface area contributed by atoms with Crippen LogP contribution in [0, 0.1) is 0 Å². The molecule has 1 unspecified atom stereocenters. The number of nitrogens with zero attached hydrogens (tertiary/aromatic N) is 1. The zero-order chi connectivity index (χ0) is 11.1. The van der Waals surface area contributed by atoms with Crippen molar-refractivity contribution < 1.29 is 9.21 Å². The maximum Gasteiger partial charge on any atom is 0.257 e. The van der Waals surface area contributed by atoms with Gasteiger partial charge in [-0.05, 0) is 26.3 Å². The van der Waals surface area contributed by atoms with Gasteiger partial charge in [0.1, 0.15) is 6.26 Å². The van der Waals surface area contributed by atoms with E-state index < -0.39 is 0 Å². The van der Waals surface area contributed by atoms with Crippen molar-refractivity contribution in [2.45, 2.75) is 31.2 Å². The minimum Gasteiger partial charge on any atom is -0.472 e. The standard InChI is InChI=1S/C11H14ClNO2/c1-11(2)9(12)3-5-13(11)10(14)8-4-6-15-7-8/h4,6-7,9H,3,5H2,1-2H3. The van der Waals surface area contributed by atoms with Crippen molar-refractivity contribution in [3.63, 3.8) is 0 Å². The Bertz CT molecular complexity index is 359. The molecule has 0 radical (unpaired) electrons. The van der Waals surface area contributed by atoms with Crippen LogP contribution in [-0.4, -0.2) is 28.3 Å². The highest BCUT2D eigenvalue weighted by molar-refractivity contribution is 6.22. The summed E-state index contributed by atoms with van der Waals surface area (Å²) < 4.78 is 4.91. The van der Waals surface area contributed by atoms with E-state index in [2.05, 4.69) is 0 Å². The Morgan fingerprint density at radius 3 is 2.87 bits per heavy atom. The first-order valence-electron chi connectivity index (χ1n) is 5.01. The van der Waals surface area contributed by atoms with E-state index in [1.807, 2.05) is 18.7 Å². The molecule has 1 fully saturated rings. The van der Waals surface area contributed by atoms with Crippen molar-refractivity contribution in [1.29, 1.82) is 0 Å². The molecule has 15 heavy (non-hydrogen) atoms. The van der Waals surface area contributed by atoms with Crippen molar-refractivity contribution in [1.82, 2.24) is 4.90 Å². The van der Waals surface area contributed by atoms with Crippen LogP contribution in [0.5, 0.6) is 0 Å². The summed E-state index contributed by atoms with van der Waals surface area (Å²) in [4.78, 5) is 13.9. The molecule has 0 aliphatic carbocycles. The second-order valence-corrected chi connectivity index (χ2v) is 4.91. The Balaban J connectivity index is 2.22. The fourth-order valence-corrected chi connectivity index (χ4v) is 2.17.